The van der Waals surface area contributed by atoms with Crippen molar-refractivity contribution in [2.24, 2.45) is 0 Å². The van der Waals surface area contributed by atoms with Crippen LogP contribution in [0.4, 0.5) is 0 Å². The highest BCUT2D eigenvalue weighted by molar-refractivity contribution is 9.10. The van der Waals surface area contributed by atoms with Crippen LogP contribution in [0.15, 0.2) is 28.7 Å². The fourth-order valence-corrected chi connectivity index (χ4v) is 1.51. The van der Waals surface area contributed by atoms with Crippen molar-refractivity contribution in [3.05, 3.63) is 28.7 Å². The molecule has 0 bridgehead atoms. The van der Waals surface area contributed by atoms with Crippen LogP contribution in [0.2, 0.25) is 0 Å². The van der Waals surface area contributed by atoms with Crippen LogP contribution in [0.5, 0.6) is 5.75 Å². The van der Waals surface area contributed by atoms with Gasteiger partial charge in [0, 0.05) is 11.0 Å². The molecule has 0 spiro atoms. The number of ether oxygens (including phenoxy) is 1. The molecular formula is C11H16BrNO. The van der Waals surface area contributed by atoms with Crippen LogP contribution >= 0.6 is 15.9 Å². The average Bonchev–Trinajstić information content (AvgIpc) is 2.12. The van der Waals surface area contributed by atoms with Gasteiger partial charge in [-0.3, -0.25) is 0 Å². The number of halogens is 1. The molecule has 0 aliphatic rings. The van der Waals surface area contributed by atoms with Crippen LogP contribution in [0.25, 0.3) is 0 Å². The summed E-state index contributed by atoms with van der Waals surface area (Å²) in [5.41, 5.74) is 0. The van der Waals surface area contributed by atoms with E-state index in [1.165, 1.54) is 0 Å². The Bertz CT molecular complexity index is 276. The van der Waals surface area contributed by atoms with E-state index in [1.807, 2.05) is 24.3 Å². The van der Waals surface area contributed by atoms with Crippen molar-refractivity contribution in [1.82, 2.24) is 4.90 Å². The third-order valence-electron chi connectivity index (χ3n) is 1.81. The maximum absolute atomic E-state index is 5.58. The van der Waals surface area contributed by atoms with Crippen molar-refractivity contribution in [2.45, 2.75) is 6.42 Å². The standard InChI is InChI=1S/C11H16BrNO/c1-13(2)7-4-8-14-11-6-3-5-10(12)9-11/h3,5-6,9H,4,7-8H2,1-2H3. The Morgan fingerprint density at radius 3 is 2.79 bits per heavy atom. The largest absolute Gasteiger partial charge is 0.494 e. The third kappa shape index (κ3) is 4.63. The van der Waals surface area contributed by atoms with E-state index in [4.69, 9.17) is 4.74 Å². The van der Waals surface area contributed by atoms with Gasteiger partial charge in [0.05, 0.1) is 6.61 Å². The molecule has 78 valence electrons. The lowest BCUT2D eigenvalue weighted by Gasteiger charge is -2.10. The van der Waals surface area contributed by atoms with Crippen LogP contribution in [-0.2, 0) is 0 Å². The highest BCUT2D eigenvalue weighted by atomic mass is 79.9. The fourth-order valence-electron chi connectivity index (χ4n) is 1.13. The number of benzene rings is 1. The van der Waals surface area contributed by atoms with Crippen molar-refractivity contribution in [2.75, 3.05) is 27.2 Å². The van der Waals surface area contributed by atoms with Gasteiger partial charge in [-0.15, -0.1) is 0 Å². The molecule has 0 saturated heterocycles. The molecule has 0 fully saturated rings. The van der Waals surface area contributed by atoms with Gasteiger partial charge >= 0.3 is 0 Å². The van der Waals surface area contributed by atoms with Crippen molar-refractivity contribution in [3.8, 4) is 5.75 Å². The van der Waals surface area contributed by atoms with E-state index >= 15 is 0 Å². The van der Waals surface area contributed by atoms with Gasteiger partial charge in [0.25, 0.3) is 0 Å². The topological polar surface area (TPSA) is 12.5 Å². The molecule has 0 aliphatic heterocycles. The summed E-state index contributed by atoms with van der Waals surface area (Å²) in [4.78, 5) is 2.16. The molecule has 3 heteroatoms. The molecule has 1 aromatic carbocycles. The van der Waals surface area contributed by atoms with Crippen LogP contribution in [0, 0.1) is 0 Å². The summed E-state index contributed by atoms with van der Waals surface area (Å²) < 4.78 is 6.64. The predicted octanol–water partition coefficient (Wildman–Crippen LogP) is 2.78. The van der Waals surface area contributed by atoms with E-state index in [2.05, 4.69) is 34.9 Å². The number of rotatable bonds is 5. The van der Waals surface area contributed by atoms with E-state index in [1.54, 1.807) is 0 Å². The van der Waals surface area contributed by atoms with Gasteiger partial charge < -0.3 is 9.64 Å². The first-order chi connectivity index (χ1) is 6.68. The van der Waals surface area contributed by atoms with Crippen molar-refractivity contribution >= 4 is 15.9 Å². The van der Waals surface area contributed by atoms with Crippen molar-refractivity contribution in [3.63, 3.8) is 0 Å². The second-order valence-electron chi connectivity index (χ2n) is 3.46. The van der Waals surface area contributed by atoms with Gasteiger partial charge in [0.15, 0.2) is 0 Å². The molecule has 0 aromatic heterocycles. The first-order valence-electron chi connectivity index (χ1n) is 4.71. The zero-order valence-corrected chi connectivity index (χ0v) is 10.3. The summed E-state index contributed by atoms with van der Waals surface area (Å²) in [7, 11) is 4.14. The SMILES string of the molecule is CN(C)CCCOc1cccc(Br)c1. The van der Waals surface area contributed by atoms with Crippen molar-refractivity contribution in [1.29, 1.82) is 0 Å². The summed E-state index contributed by atoms with van der Waals surface area (Å²) >= 11 is 3.41. The second-order valence-corrected chi connectivity index (χ2v) is 4.38. The summed E-state index contributed by atoms with van der Waals surface area (Å²) in [6.07, 6.45) is 1.06. The molecule has 0 unspecified atom stereocenters. The minimum absolute atomic E-state index is 0.772. The molecule has 0 amide bonds. The normalized spacial score (nSPS) is 10.6. The summed E-state index contributed by atoms with van der Waals surface area (Å²) in [5.74, 6) is 0.929. The number of hydrogen-bond acceptors (Lipinski definition) is 2. The molecule has 0 saturated carbocycles. The number of nitrogens with zero attached hydrogens (tertiary/aromatic N) is 1. The van der Waals surface area contributed by atoms with Crippen LogP contribution < -0.4 is 4.74 Å². The monoisotopic (exact) mass is 257 g/mol. The molecule has 0 radical (unpaired) electrons. The zero-order valence-electron chi connectivity index (χ0n) is 8.66. The van der Waals surface area contributed by atoms with Gasteiger partial charge in [-0.1, -0.05) is 22.0 Å². The molecule has 2 nitrogen and oxygen atoms in total. The Morgan fingerprint density at radius 1 is 1.36 bits per heavy atom. The van der Waals surface area contributed by atoms with Crippen molar-refractivity contribution < 1.29 is 4.74 Å². The summed E-state index contributed by atoms with van der Waals surface area (Å²) in [6, 6.07) is 7.92. The molecule has 0 aliphatic carbocycles. The summed E-state index contributed by atoms with van der Waals surface area (Å²) in [5, 5.41) is 0. The van der Waals surface area contributed by atoms with E-state index in [0.717, 1.165) is 29.8 Å². The van der Waals surface area contributed by atoms with Gasteiger partial charge in [-0.25, -0.2) is 0 Å². The molecule has 1 aromatic rings. The van der Waals surface area contributed by atoms with Crippen LogP contribution in [0.3, 0.4) is 0 Å². The van der Waals surface area contributed by atoms with Gasteiger partial charge in [0.2, 0.25) is 0 Å². The minimum Gasteiger partial charge on any atom is -0.494 e. The fraction of sp³-hybridized carbons (Fsp3) is 0.455. The highest BCUT2D eigenvalue weighted by Crippen LogP contribution is 2.17. The molecule has 0 heterocycles. The molecule has 1 rings (SSSR count). The maximum Gasteiger partial charge on any atom is 0.120 e. The van der Waals surface area contributed by atoms with Gasteiger partial charge in [-0.05, 0) is 38.7 Å². The third-order valence-corrected chi connectivity index (χ3v) is 2.31. The van der Waals surface area contributed by atoms with E-state index < -0.39 is 0 Å². The number of hydrogen-bond donors (Lipinski definition) is 0. The minimum atomic E-state index is 0.772. The Labute approximate surface area is 94.0 Å². The smallest absolute Gasteiger partial charge is 0.120 e. The Kier molecular flexibility index (Phi) is 4.98. The molecular weight excluding hydrogens is 242 g/mol. The Hall–Kier alpha value is -0.540. The van der Waals surface area contributed by atoms with Crippen LogP contribution in [-0.4, -0.2) is 32.1 Å². The molecule has 0 N–H and O–H groups in total. The lowest BCUT2D eigenvalue weighted by Crippen LogP contribution is -2.15. The quantitative estimate of drug-likeness (QED) is 0.753. The first kappa shape index (κ1) is 11.5. The Morgan fingerprint density at radius 2 is 2.14 bits per heavy atom. The first-order valence-corrected chi connectivity index (χ1v) is 5.51. The summed E-state index contributed by atoms with van der Waals surface area (Å²) in [6.45, 7) is 1.84. The predicted molar refractivity (Wildman–Crippen MR) is 62.8 cm³/mol. The van der Waals surface area contributed by atoms with E-state index in [9.17, 15) is 0 Å². The second kappa shape index (κ2) is 6.04. The zero-order chi connectivity index (χ0) is 10.4. The lowest BCUT2D eigenvalue weighted by molar-refractivity contribution is 0.281. The average molecular weight is 258 g/mol. The molecule has 0 atom stereocenters. The van der Waals surface area contributed by atoms with E-state index in [-0.39, 0.29) is 0 Å². The van der Waals surface area contributed by atoms with E-state index in [0.29, 0.717) is 0 Å². The van der Waals surface area contributed by atoms with Gasteiger partial charge in [-0.2, -0.15) is 0 Å². The highest BCUT2D eigenvalue weighted by Gasteiger charge is 1.95. The Balaban J connectivity index is 2.25. The van der Waals surface area contributed by atoms with Gasteiger partial charge in [0.1, 0.15) is 5.75 Å². The van der Waals surface area contributed by atoms with Crippen LogP contribution in [0.1, 0.15) is 6.42 Å². The maximum atomic E-state index is 5.58. The molecule has 14 heavy (non-hydrogen) atoms. The lowest BCUT2D eigenvalue weighted by atomic mass is 10.3.